The number of carbonyl (C=O) groups is 2. The fourth-order valence-electron chi connectivity index (χ4n) is 3.26. The van der Waals surface area contributed by atoms with Gasteiger partial charge in [0.2, 0.25) is 0 Å². The molecule has 178 valence electrons. The molecule has 1 heterocycles. The molecule has 2 N–H and O–H groups in total. The van der Waals surface area contributed by atoms with Crippen LogP contribution in [0.15, 0.2) is 30.5 Å². The Kier molecular flexibility index (Phi) is 6.43. The molecule has 3 aromatic rings. The Morgan fingerprint density at radius 2 is 1.91 bits per heavy atom. The van der Waals surface area contributed by atoms with Crippen molar-refractivity contribution in [3.05, 3.63) is 52.7 Å². The minimum absolute atomic E-state index is 0.0431. The first kappa shape index (κ1) is 23.5. The maximum absolute atomic E-state index is 15.0. The number of anilines is 1. The van der Waals surface area contributed by atoms with Crippen molar-refractivity contribution in [3.63, 3.8) is 0 Å². The molecule has 1 aliphatic rings. The maximum Gasteiger partial charge on any atom is 0.319 e. The average molecular weight is 491 g/mol. The van der Waals surface area contributed by atoms with Crippen LogP contribution in [0.4, 0.5) is 19.3 Å². The molecule has 34 heavy (non-hydrogen) atoms. The summed E-state index contributed by atoms with van der Waals surface area (Å²) in [6.07, 6.45) is 3.09. The van der Waals surface area contributed by atoms with E-state index in [9.17, 15) is 14.0 Å². The summed E-state index contributed by atoms with van der Waals surface area (Å²) in [4.78, 5) is 30.1. The molecule has 1 aliphatic carbocycles. The van der Waals surface area contributed by atoms with Crippen LogP contribution in [0.3, 0.4) is 0 Å². The van der Waals surface area contributed by atoms with Crippen molar-refractivity contribution in [3.8, 4) is 17.2 Å². The summed E-state index contributed by atoms with van der Waals surface area (Å²) in [7, 11) is 4.58. The van der Waals surface area contributed by atoms with E-state index in [1.165, 1.54) is 36.4 Å². The minimum atomic E-state index is -1.19. The van der Waals surface area contributed by atoms with E-state index in [0.29, 0.717) is 10.9 Å². The van der Waals surface area contributed by atoms with E-state index in [0.717, 1.165) is 18.9 Å². The van der Waals surface area contributed by atoms with Gasteiger partial charge in [0.05, 0.1) is 23.9 Å². The monoisotopic (exact) mass is 490 g/mol. The first-order chi connectivity index (χ1) is 16.2. The van der Waals surface area contributed by atoms with Crippen molar-refractivity contribution in [2.45, 2.75) is 18.9 Å². The van der Waals surface area contributed by atoms with Gasteiger partial charge in [-0.25, -0.2) is 13.6 Å². The van der Waals surface area contributed by atoms with Crippen LogP contribution in [0, 0.1) is 11.6 Å². The number of rotatable bonds is 6. The Morgan fingerprint density at radius 3 is 2.56 bits per heavy atom. The fraction of sp³-hybridized carbons (Fsp3) is 0.261. The highest BCUT2D eigenvalue weighted by Gasteiger charge is 2.26. The third-order valence-corrected chi connectivity index (χ3v) is 5.52. The molecule has 0 spiro atoms. The molecule has 1 saturated carbocycles. The van der Waals surface area contributed by atoms with Gasteiger partial charge in [0.25, 0.3) is 5.91 Å². The average Bonchev–Trinajstić information content (AvgIpc) is 3.62. The first-order valence-electron chi connectivity index (χ1n) is 10.3. The van der Waals surface area contributed by atoms with Crippen LogP contribution in [-0.2, 0) is 0 Å². The second kappa shape index (κ2) is 9.30. The van der Waals surface area contributed by atoms with Crippen molar-refractivity contribution >= 4 is 40.1 Å². The molecular weight excluding hydrogens is 470 g/mol. The summed E-state index contributed by atoms with van der Waals surface area (Å²) >= 11 is 6.05. The SMILES string of the molecule is COc1cc2nccc(Oc3c(F)cc(NC(=O)NC4CC4)c(Cl)c3F)c2cc1C(=O)N(C)C. The van der Waals surface area contributed by atoms with Gasteiger partial charge in [-0.15, -0.1) is 0 Å². The standard InChI is InChI=1S/C23H21ClF2N4O4/c1-30(2)22(31)13-8-12-15(10-18(13)33-3)27-7-6-17(12)34-21-14(25)9-16(19(24)20(21)26)29-23(32)28-11-4-5-11/h6-11H,4-5H2,1-3H3,(H2,28,29,32). The van der Waals surface area contributed by atoms with Gasteiger partial charge in [0, 0.05) is 43.9 Å². The smallest absolute Gasteiger partial charge is 0.319 e. The van der Waals surface area contributed by atoms with Crippen molar-refractivity contribution in [2.75, 3.05) is 26.5 Å². The number of nitrogens with one attached hydrogen (secondary N) is 2. The van der Waals surface area contributed by atoms with Gasteiger partial charge in [0.15, 0.2) is 17.4 Å². The lowest BCUT2D eigenvalue weighted by Crippen LogP contribution is -2.30. The molecule has 1 aromatic heterocycles. The number of hydrogen-bond donors (Lipinski definition) is 2. The summed E-state index contributed by atoms with van der Waals surface area (Å²) in [6, 6.07) is 4.74. The third kappa shape index (κ3) is 4.67. The highest BCUT2D eigenvalue weighted by atomic mass is 35.5. The van der Waals surface area contributed by atoms with Crippen molar-refractivity contribution in [1.82, 2.24) is 15.2 Å². The van der Waals surface area contributed by atoms with E-state index in [1.807, 2.05) is 0 Å². The molecule has 0 aliphatic heterocycles. The second-order valence-electron chi connectivity index (χ2n) is 7.92. The summed E-state index contributed by atoms with van der Waals surface area (Å²) in [6.45, 7) is 0. The van der Waals surface area contributed by atoms with Gasteiger partial charge < -0.3 is 25.0 Å². The number of urea groups is 1. The number of benzene rings is 2. The van der Waals surface area contributed by atoms with E-state index in [1.54, 1.807) is 14.1 Å². The first-order valence-corrected chi connectivity index (χ1v) is 10.7. The zero-order valence-electron chi connectivity index (χ0n) is 18.5. The second-order valence-corrected chi connectivity index (χ2v) is 8.29. The highest BCUT2D eigenvalue weighted by Crippen LogP contribution is 2.39. The van der Waals surface area contributed by atoms with Gasteiger partial charge in [-0.3, -0.25) is 9.78 Å². The molecular formula is C23H21ClF2N4O4. The number of amides is 3. The Balaban J connectivity index is 1.71. The van der Waals surface area contributed by atoms with E-state index >= 15 is 4.39 Å². The number of nitrogens with zero attached hydrogens (tertiary/aromatic N) is 2. The molecule has 11 heteroatoms. The molecule has 0 bridgehead atoms. The number of ether oxygens (including phenoxy) is 2. The predicted molar refractivity (Wildman–Crippen MR) is 123 cm³/mol. The molecule has 3 amide bonds. The Labute approximate surface area is 198 Å². The molecule has 0 atom stereocenters. The summed E-state index contributed by atoms with van der Waals surface area (Å²) in [5.74, 6) is -3.04. The third-order valence-electron chi connectivity index (χ3n) is 5.15. The van der Waals surface area contributed by atoms with Crippen LogP contribution in [0.25, 0.3) is 10.9 Å². The number of hydrogen-bond acceptors (Lipinski definition) is 5. The minimum Gasteiger partial charge on any atom is -0.496 e. The van der Waals surface area contributed by atoms with E-state index < -0.39 is 28.4 Å². The predicted octanol–water partition coefficient (Wildman–Crippen LogP) is 4.95. The van der Waals surface area contributed by atoms with Crippen molar-refractivity contribution in [1.29, 1.82) is 0 Å². The highest BCUT2D eigenvalue weighted by molar-refractivity contribution is 6.34. The lowest BCUT2D eigenvalue weighted by atomic mass is 10.1. The van der Waals surface area contributed by atoms with Crippen LogP contribution in [0.5, 0.6) is 17.2 Å². The van der Waals surface area contributed by atoms with E-state index in [2.05, 4.69) is 15.6 Å². The van der Waals surface area contributed by atoms with E-state index in [-0.39, 0.29) is 34.7 Å². The molecule has 0 radical (unpaired) electrons. The number of pyridine rings is 1. The van der Waals surface area contributed by atoms with Crippen LogP contribution in [-0.4, -0.2) is 49.1 Å². The quantitative estimate of drug-likeness (QED) is 0.477. The molecule has 2 aromatic carbocycles. The lowest BCUT2D eigenvalue weighted by Gasteiger charge is -2.16. The van der Waals surface area contributed by atoms with Gasteiger partial charge in [-0.1, -0.05) is 11.6 Å². The van der Waals surface area contributed by atoms with Gasteiger partial charge in [0.1, 0.15) is 16.5 Å². The number of methoxy groups -OCH3 is 1. The van der Waals surface area contributed by atoms with Crippen LogP contribution < -0.4 is 20.1 Å². The van der Waals surface area contributed by atoms with Crippen LogP contribution in [0.2, 0.25) is 5.02 Å². The molecule has 0 unspecified atom stereocenters. The van der Waals surface area contributed by atoms with Crippen LogP contribution in [0.1, 0.15) is 23.2 Å². The Morgan fingerprint density at radius 1 is 1.18 bits per heavy atom. The lowest BCUT2D eigenvalue weighted by molar-refractivity contribution is 0.0824. The fourth-order valence-corrected chi connectivity index (χ4v) is 3.45. The van der Waals surface area contributed by atoms with E-state index in [4.69, 9.17) is 21.1 Å². The number of fused-ring (bicyclic) bond motifs is 1. The summed E-state index contributed by atoms with van der Waals surface area (Å²) in [5.41, 5.74) is 0.370. The Bertz CT molecular complexity index is 1300. The molecule has 8 nitrogen and oxygen atoms in total. The summed E-state index contributed by atoms with van der Waals surface area (Å²) < 4.78 is 40.7. The Hall–Kier alpha value is -3.66. The van der Waals surface area contributed by atoms with Gasteiger partial charge in [-0.2, -0.15) is 0 Å². The van der Waals surface area contributed by atoms with Gasteiger partial charge >= 0.3 is 6.03 Å². The van der Waals surface area contributed by atoms with Crippen molar-refractivity contribution in [2.24, 2.45) is 0 Å². The summed E-state index contributed by atoms with van der Waals surface area (Å²) in [5, 5.41) is 4.80. The number of halogens is 3. The van der Waals surface area contributed by atoms with Gasteiger partial charge in [-0.05, 0) is 25.0 Å². The zero-order chi connectivity index (χ0) is 24.6. The molecule has 1 fully saturated rings. The van der Waals surface area contributed by atoms with Crippen molar-refractivity contribution < 1.29 is 27.8 Å². The molecule has 0 saturated heterocycles. The maximum atomic E-state index is 15.0. The number of aromatic nitrogens is 1. The topological polar surface area (TPSA) is 92.8 Å². The molecule has 4 rings (SSSR count). The largest absolute Gasteiger partial charge is 0.496 e. The number of carbonyl (C=O) groups excluding carboxylic acids is 2. The zero-order valence-corrected chi connectivity index (χ0v) is 19.3. The normalized spacial score (nSPS) is 12.9. The van der Waals surface area contributed by atoms with Crippen LogP contribution >= 0.6 is 11.6 Å².